The molecule has 0 radical (unpaired) electrons. The Kier molecular flexibility index (Phi) is 0.866. The van der Waals surface area contributed by atoms with Crippen LogP contribution in [0.1, 0.15) is 19.3 Å². The molecule has 1 spiro atoms. The van der Waals surface area contributed by atoms with E-state index in [1.54, 1.807) is 0 Å². The highest BCUT2D eigenvalue weighted by Gasteiger charge is 2.41. The van der Waals surface area contributed by atoms with Gasteiger partial charge in [0.25, 0.3) is 0 Å². The lowest BCUT2D eigenvalue weighted by atomic mass is 10.1. The van der Waals surface area contributed by atoms with Crippen molar-refractivity contribution in [2.75, 3.05) is 13.1 Å². The average Bonchev–Trinajstić information content (AvgIpc) is 2.52. The monoisotopic (exact) mass is 112 g/mol. The Labute approximate surface area is 49.7 Å². The molecule has 2 saturated heterocycles. The fourth-order valence-electron chi connectivity index (χ4n) is 1.38. The van der Waals surface area contributed by atoms with E-state index in [9.17, 15) is 0 Å². The van der Waals surface area contributed by atoms with Gasteiger partial charge in [0.2, 0.25) is 0 Å². The van der Waals surface area contributed by atoms with Crippen molar-refractivity contribution in [2.24, 2.45) is 0 Å². The Hall–Kier alpha value is -0.0800. The van der Waals surface area contributed by atoms with Crippen molar-refractivity contribution in [3.8, 4) is 0 Å². The number of nitrogens with one attached hydrogen (secondary N) is 2. The molecule has 0 aliphatic carbocycles. The highest BCUT2D eigenvalue weighted by molar-refractivity contribution is 5.02. The molecule has 46 valence electrons. The van der Waals surface area contributed by atoms with Gasteiger partial charge >= 0.3 is 0 Å². The van der Waals surface area contributed by atoms with Crippen LogP contribution in [0.3, 0.4) is 0 Å². The molecule has 2 heteroatoms. The van der Waals surface area contributed by atoms with Crippen LogP contribution in [0.5, 0.6) is 0 Å². The van der Waals surface area contributed by atoms with Crippen molar-refractivity contribution < 1.29 is 0 Å². The summed E-state index contributed by atoms with van der Waals surface area (Å²) < 4.78 is 0. The second-order valence-corrected chi connectivity index (χ2v) is 2.82. The smallest absolute Gasteiger partial charge is 0.0817 e. The summed E-state index contributed by atoms with van der Waals surface area (Å²) in [5.41, 5.74) is 0.429. The normalized spacial score (nSPS) is 45.0. The first-order chi connectivity index (χ1) is 3.91. The molecule has 0 aromatic rings. The summed E-state index contributed by atoms with van der Waals surface area (Å²) in [4.78, 5) is 0. The van der Waals surface area contributed by atoms with Gasteiger partial charge in [0.15, 0.2) is 0 Å². The molecule has 2 heterocycles. The minimum Gasteiger partial charge on any atom is -0.298 e. The molecule has 1 atom stereocenters. The molecular formula is C6H12N2. The molecule has 2 nitrogen and oxygen atoms in total. The molecule has 0 aromatic heterocycles. The van der Waals surface area contributed by atoms with Crippen molar-refractivity contribution in [1.82, 2.24) is 10.6 Å². The molecular weight excluding hydrogens is 100 g/mol. The van der Waals surface area contributed by atoms with Gasteiger partial charge in [-0.05, 0) is 25.8 Å². The maximum atomic E-state index is 3.46. The van der Waals surface area contributed by atoms with E-state index in [-0.39, 0.29) is 0 Å². The van der Waals surface area contributed by atoms with Gasteiger partial charge in [-0.3, -0.25) is 10.6 Å². The summed E-state index contributed by atoms with van der Waals surface area (Å²) in [6.45, 7) is 2.42. The van der Waals surface area contributed by atoms with E-state index in [4.69, 9.17) is 0 Å². The maximum Gasteiger partial charge on any atom is 0.0817 e. The van der Waals surface area contributed by atoms with E-state index in [1.807, 2.05) is 0 Å². The van der Waals surface area contributed by atoms with Gasteiger partial charge in [0, 0.05) is 6.54 Å². The van der Waals surface area contributed by atoms with Crippen molar-refractivity contribution in [2.45, 2.75) is 24.9 Å². The van der Waals surface area contributed by atoms with Gasteiger partial charge in [0.1, 0.15) is 0 Å². The molecule has 0 aromatic carbocycles. The van der Waals surface area contributed by atoms with Crippen molar-refractivity contribution in [3.05, 3.63) is 0 Å². The molecule has 8 heavy (non-hydrogen) atoms. The van der Waals surface area contributed by atoms with Gasteiger partial charge in [-0.2, -0.15) is 0 Å². The van der Waals surface area contributed by atoms with Gasteiger partial charge < -0.3 is 0 Å². The standard InChI is InChI=1S/C6H12N2/c1-2-4-7-6(3-1)5-8-6/h7-8H,1-5H2. The van der Waals surface area contributed by atoms with Crippen molar-refractivity contribution in [3.63, 3.8) is 0 Å². The zero-order valence-electron chi connectivity index (χ0n) is 5.04. The van der Waals surface area contributed by atoms with Gasteiger partial charge in [-0.25, -0.2) is 0 Å². The highest BCUT2D eigenvalue weighted by Crippen LogP contribution is 2.23. The second kappa shape index (κ2) is 1.45. The third-order valence-corrected chi connectivity index (χ3v) is 2.10. The molecule has 0 saturated carbocycles. The van der Waals surface area contributed by atoms with Crippen LogP contribution in [-0.4, -0.2) is 18.8 Å². The Bertz CT molecular complexity index is 88.7. The SMILES string of the molecule is C1CCC2(CN2)NC1. The quantitative estimate of drug-likeness (QED) is 0.434. The molecule has 1 unspecified atom stereocenters. The van der Waals surface area contributed by atoms with Crippen LogP contribution in [0.4, 0.5) is 0 Å². The fourth-order valence-corrected chi connectivity index (χ4v) is 1.38. The van der Waals surface area contributed by atoms with Crippen LogP contribution in [0.15, 0.2) is 0 Å². The molecule has 2 N–H and O–H groups in total. The first kappa shape index (κ1) is 4.77. The Morgan fingerprint density at radius 1 is 1.12 bits per heavy atom. The lowest BCUT2D eigenvalue weighted by molar-refractivity contribution is 0.378. The number of hydrogen-bond donors (Lipinski definition) is 2. The first-order valence-electron chi connectivity index (χ1n) is 3.41. The molecule has 2 aliphatic heterocycles. The first-order valence-corrected chi connectivity index (χ1v) is 3.41. The molecule has 2 aliphatic rings. The third-order valence-electron chi connectivity index (χ3n) is 2.10. The molecule has 2 rings (SSSR count). The average molecular weight is 112 g/mol. The minimum absolute atomic E-state index is 0.429. The van der Waals surface area contributed by atoms with E-state index in [1.165, 1.54) is 32.4 Å². The zero-order chi connectivity index (χ0) is 5.45. The zero-order valence-corrected chi connectivity index (χ0v) is 5.04. The summed E-state index contributed by atoms with van der Waals surface area (Å²) >= 11 is 0. The summed E-state index contributed by atoms with van der Waals surface area (Å²) in [6, 6.07) is 0. The van der Waals surface area contributed by atoms with E-state index in [0.717, 1.165) is 0 Å². The molecule has 2 fully saturated rings. The van der Waals surface area contributed by atoms with Gasteiger partial charge in [-0.15, -0.1) is 0 Å². The largest absolute Gasteiger partial charge is 0.298 e. The van der Waals surface area contributed by atoms with Crippen LogP contribution in [0.25, 0.3) is 0 Å². The predicted octanol–water partition coefficient (Wildman–Crippen LogP) is 0.0594. The fraction of sp³-hybridized carbons (Fsp3) is 1.00. The molecule has 0 amide bonds. The van der Waals surface area contributed by atoms with E-state index >= 15 is 0 Å². The summed E-state index contributed by atoms with van der Waals surface area (Å²) in [6.07, 6.45) is 4.11. The second-order valence-electron chi connectivity index (χ2n) is 2.82. The van der Waals surface area contributed by atoms with E-state index in [2.05, 4.69) is 10.6 Å². The van der Waals surface area contributed by atoms with Gasteiger partial charge in [0.05, 0.1) is 5.66 Å². The Morgan fingerprint density at radius 2 is 2.00 bits per heavy atom. The third kappa shape index (κ3) is 0.644. The maximum absolute atomic E-state index is 3.46. The topological polar surface area (TPSA) is 34.0 Å². The minimum atomic E-state index is 0.429. The summed E-state index contributed by atoms with van der Waals surface area (Å²) in [5, 5.41) is 6.80. The summed E-state index contributed by atoms with van der Waals surface area (Å²) in [7, 11) is 0. The van der Waals surface area contributed by atoms with E-state index < -0.39 is 0 Å². The van der Waals surface area contributed by atoms with Crippen LogP contribution in [-0.2, 0) is 0 Å². The number of piperidine rings is 1. The Balaban J connectivity index is 1.95. The van der Waals surface area contributed by atoms with Crippen LogP contribution < -0.4 is 10.6 Å². The molecule has 0 bridgehead atoms. The highest BCUT2D eigenvalue weighted by atomic mass is 15.3. The van der Waals surface area contributed by atoms with Gasteiger partial charge in [-0.1, -0.05) is 0 Å². The van der Waals surface area contributed by atoms with Crippen LogP contribution in [0.2, 0.25) is 0 Å². The lowest BCUT2D eigenvalue weighted by Crippen LogP contribution is -2.39. The van der Waals surface area contributed by atoms with Crippen molar-refractivity contribution in [1.29, 1.82) is 0 Å². The lowest BCUT2D eigenvalue weighted by Gasteiger charge is -2.20. The van der Waals surface area contributed by atoms with Crippen LogP contribution >= 0.6 is 0 Å². The van der Waals surface area contributed by atoms with Crippen molar-refractivity contribution >= 4 is 0 Å². The number of rotatable bonds is 0. The number of hydrogen-bond acceptors (Lipinski definition) is 2. The summed E-state index contributed by atoms with van der Waals surface area (Å²) in [5.74, 6) is 0. The predicted molar refractivity (Wildman–Crippen MR) is 32.6 cm³/mol. The van der Waals surface area contributed by atoms with E-state index in [0.29, 0.717) is 5.66 Å². The Morgan fingerprint density at radius 3 is 2.38 bits per heavy atom. The van der Waals surface area contributed by atoms with Crippen LogP contribution in [0, 0.1) is 0 Å².